The zero-order chi connectivity index (χ0) is 15.6. The minimum atomic E-state index is -2.08. The minimum absolute atomic E-state index is 0.610. The van der Waals surface area contributed by atoms with Crippen LogP contribution in [0.1, 0.15) is 21.7 Å². The zero-order valence-electron chi connectivity index (χ0n) is 13.2. The Hall–Kier alpha value is -1.72. The van der Waals surface area contributed by atoms with Gasteiger partial charge in [0.25, 0.3) is 0 Å². The molecule has 1 aliphatic rings. The molecule has 0 bridgehead atoms. The van der Waals surface area contributed by atoms with Crippen molar-refractivity contribution in [1.29, 1.82) is 0 Å². The Morgan fingerprint density at radius 2 is 1.17 bits per heavy atom. The summed E-state index contributed by atoms with van der Waals surface area (Å²) in [6.45, 7) is 2.32. The van der Waals surface area contributed by atoms with Gasteiger partial charge >= 0.3 is 147 Å². The first-order valence-corrected chi connectivity index (χ1v) is 12.0. The topological polar surface area (TPSA) is 0 Å². The predicted molar refractivity (Wildman–Crippen MR) is 95.0 cm³/mol. The summed E-state index contributed by atoms with van der Waals surface area (Å²) in [5.41, 5.74) is 4.49. The molecule has 0 fully saturated rings. The Morgan fingerprint density at radius 1 is 0.652 bits per heavy atom. The van der Waals surface area contributed by atoms with Gasteiger partial charge in [-0.3, -0.25) is 0 Å². The molecule has 0 saturated heterocycles. The second-order valence-electron chi connectivity index (χ2n) is 6.10. The van der Waals surface area contributed by atoms with Crippen LogP contribution in [0.25, 0.3) is 6.08 Å². The van der Waals surface area contributed by atoms with Gasteiger partial charge in [0.15, 0.2) is 0 Å². The molecule has 1 heteroatoms. The van der Waals surface area contributed by atoms with E-state index >= 15 is 0 Å². The van der Waals surface area contributed by atoms with Gasteiger partial charge in [-0.1, -0.05) is 0 Å². The van der Waals surface area contributed by atoms with Crippen molar-refractivity contribution in [2.45, 2.75) is 10.5 Å². The van der Waals surface area contributed by atoms with Crippen LogP contribution in [0.5, 0.6) is 0 Å². The van der Waals surface area contributed by atoms with E-state index in [9.17, 15) is 0 Å². The number of hydrogen-bond acceptors (Lipinski definition) is 0. The summed E-state index contributed by atoms with van der Waals surface area (Å²) in [6, 6.07) is 31.3. The van der Waals surface area contributed by atoms with Gasteiger partial charge in [-0.2, -0.15) is 0 Å². The average Bonchev–Trinajstić information content (AvgIpc) is 2.94. The van der Waals surface area contributed by atoms with Crippen LogP contribution < -0.4 is 6.54 Å². The van der Waals surface area contributed by atoms with Crippen LogP contribution in [-0.4, -0.2) is 0 Å². The molecule has 0 aromatic heterocycles. The van der Waals surface area contributed by atoms with E-state index in [1.165, 1.54) is 16.7 Å². The van der Waals surface area contributed by atoms with E-state index in [0.29, 0.717) is 3.63 Å². The number of benzene rings is 3. The maximum absolute atomic E-state index is 2.40. The van der Waals surface area contributed by atoms with E-state index in [1.807, 2.05) is 0 Å². The summed E-state index contributed by atoms with van der Waals surface area (Å²) < 4.78 is 3.77. The molecule has 0 N–H and O–H groups in total. The van der Waals surface area contributed by atoms with Gasteiger partial charge in [-0.15, -0.1) is 0 Å². The van der Waals surface area contributed by atoms with Crippen molar-refractivity contribution in [1.82, 2.24) is 0 Å². The molecular formula is C22H19Zr. The van der Waals surface area contributed by atoms with Crippen LogP contribution in [-0.2, 0) is 21.8 Å². The normalized spacial score (nSPS) is 15.9. The van der Waals surface area contributed by atoms with Crippen molar-refractivity contribution >= 4 is 12.6 Å². The summed E-state index contributed by atoms with van der Waals surface area (Å²) in [6.07, 6.45) is 2.40. The maximum atomic E-state index is 2.40. The molecule has 0 heterocycles. The Balaban J connectivity index is 1.89. The molecule has 3 aromatic carbocycles. The van der Waals surface area contributed by atoms with Crippen LogP contribution >= 0.6 is 0 Å². The molecule has 4 rings (SSSR count). The van der Waals surface area contributed by atoms with Crippen molar-refractivity contribution in [3.05, 3.63) is 102 Å². The van der Waals surface area contributed by atoms with E-state index in [0.717, 1.165) is 0 Å². The van der Waals surface area contributed by atoms with Crippen LogP contribution in [0.2, 0.25) is 0 Å². The molecule has 0 saturated carbocycles. The predicted octanol–water partition coefficient (Wildman–Crippen LogP) is 4.41. The fraction of sp³-hybridized carbons (Fsp3) is 0.0909. The van der Waals surface area contributed by atoms with E-state index in [2.05, 4.69) is 97.9 Å². The van der Waals surface area contributed by atoms with Crippen molar-refractivity contribution < 1.29 is 21.8 Å². The van der Waals surface area contributed by atoms with E-state index in [-0.39, 0.29) is 0 Å². The second kappa shape index (κ2) is 6.42. The van der Waals surface area contributed by atoms with Gasteiger partial charge in [0.05, 0.1) is 0 Å². The Bertz CT molecular complexity index is 795. The molecule has 0 radical (unpaired) electrons. The van der Waals surface area contributed by atoms with Crippen LogP contribution in [0, 0.1) is 0 Å². The zero-order valence-corrected chi connectivity index (χ0v) is 15.7. The molecule has 0 spiro atoms. The van der Waals surface area contributed by atoms with E-state index in [4.69, 9.17) is 0 Å². The molecule has 0 nitrogen and oxygen atoms in total. The van der Waals surface area contributed by atoms with Crippen LogP contribution in [0.15, 0.2) is 90.5 Å². The molecular weight excluding hydrogens is 355 g/mol. The SMILES string of the molecule is CC1=Cc2ccccc2[CH]1[Zr]([c]1ccccc1)[c]1ccccc1. The average molecular weight is 375 g/mol. The van der Waals surface area contributed by atoms with Gasteiger partial charge in [-0.05, 0) is 0 Å². The molecule has 23 heavy (non-hydrogen) atoms. The summed E-state index contributed by atoms with van der Waals surface area (Å²) in [7, 11) is 0. The van der Waals surface area contributed by atoms with Gasteiger partial charge in [0.1, 0.15) is 0 Å². The Labute approximate surface area is 146 Å². The third-order valence-corrected chi connectivity index (χ3v) is 12.6. The molecule has 111 valence electrons. The molecule has 1 aliphatic carbocycles. The van der Waals surface area contributed by atoms with E-state index in [1.54, 1.807) is 6.54 Å². The quantitative estimate of drug-likeness (QED) is 0.637. The van der Waals surface area contributed by atoms with Crippen molar-refractivity contribution in [2.75, 3.05) is 0 Å². The second-order valence-corrected chi connectivity index (χ2v) is 12.4. The van der Waals surface area contributed by atoms with Gasteiger partial charge in [0.2, 0.25) is 0 Å². The number of fused-ring (bicyclic) bond motifs is 1. The number of rotatable bonds is 3. The Morgan fingerprint density at radius 3 is 1.78 bits per heavy atom. The van der Waals surface area contributed by atoms with Gasteiger partial charge in [-0.25, -0.2) is 0 Å². The van der Waals surface area contributed by atoms with Crippen LogP contribution in [0.3, 0.4) is 0 Å². The van der Waals surface area contributed by atoms with Gasteiger partial charge in [0, 0.05) is 0 Å². The van der Waals surface area contributed by atoms with Gasteiger partial charge < -0.3 is 0 Å². The molecule has 0 amide bonds. The van der Waals surface area contributed by atoms with E-state index < -0.39 is 21.8 Å². The molecule has 1 atom stereocenters. The summed E-state index contributed by atoms with van der Waals surface area (Å²) in [5, 5.41) is 0. The molecule has 1 unspecified atom stereocenters. The summed E-state index contributed by atoms with van der Waals surface area (Å²) >= 11 is -2.08. The first kappa shape index (κ1) is 14.8. The van der Waals surface area contributed by atoms with Crippen molar-refractivity contribution in [2.24, 2.45) is 0 Å². The molecule has 0 aliphatic heterocycles. The monoisotopic (exact) mass is 373 g/mol. The fourth-order valence-electron chi connectivity index (χ4n) is 3.60. The third kappa shape index (κ3) is 2.79. The van der Waals surface area contributed by atoms with Crippen molar-refractivity contribution in [3.63, 3.8) is 0 Å². The van der Waals surface area contributed by atoms with Crippen LogP contribution in [0.4, 0.5) is 0 Å². The number of allylic oxidation sites excluding steroid dienone is 1. The third-order valence-electron chi connectivity index (χ3n) is 4.60. The number of hydrogen-bond donors (Lipinski definition) is 0. The standard InChI is InChI=1S/C10H9.2C6H5.Zr/c1-8-6-9-4-2-3-5-10(9)7-8;2*1-2-4-6-5-3-1;/h2-7H,1H3;2*1-5H;. The Kier molecular flexibility index (Phi) is 4.14. The summed E-state index contributed by atoms with van der Waals surface area (Å²) in [4.78, 5) is 0. The first-order chi connectivity index (χ1) is 11.3. The fourth-order valence-corrected chi connectivity index (χ4v) is 11.5. The molecule has 3 aromatic rings. The van der Waals surface area contributed by atoms with Crippen molar-refractivity contribution in [3.8, 4) is 0 Å². The summed E-state index contributed by atoms with van der Waals surface area (Å²) in [5.74, 6) is 0. The first-order valence-electron chi connectivity index (χ1n) is 8.09.